The van der Waals surface area contributed by atoms with Crippen LogP contribution in [0.5, 0.6) is 5.75 Å². The third kappa shape index (κ3) is 4.12. The number of fused-ring (bicyclic) bond motifs is 1. The van der Waals surface area contributed by atoms with Crippen molar-refractivity contribution in [2.75, 3.05) is 16.0 Å². The van der Waals surface area contributed by atoms with Crippen molar-refractivity contribution in [3.05, 3.63) is 78.9 Å². The Balaban J connectivity index is 1.34. The van der Waals surface area contributed by atoms with Crippen LogP contribution in [0.15, 0.2) is 78.9 Å². The quantitative estimate of drug-likeness (QED) is 0.627. The average molecular weight is 373 g/mol. The van der Waals surface area contributed by atoms with Crippen LogP contribution in [-0.2, 0) is 9.59 Å². The second kappa shape index (κ2) is 7.84. The van der Waals surface area contributed by atoms with E-state index < -0.39 is 6.10 Å². The standard InChI is InChI=1S/C22H19N3O3/c26-21(14-20-22(27)25-18-8-4-5-9-19(18)28-20)24-17-12-10-16(11-13-17)23-15-6-2-1-3-7-15/h1-13,20,23H,14H2,(H,24,26)(H,25,27). The predicted molar refractivity (Wildman–Crippen MR) is 109 cm³/mol. The molecule has 6 heteroatoms. The van der Waals surface area contributed by atoms with E-state index in [1.54, 1.807) is 24.3 Å². The van der Waals surface area contributed by atoms with Gasteiger partial charge < -0.3 is 20.7 Å². The fourth-order valence-electron chi connectivity index (χ4n) is 2.93. The van der Waals surface area contributed by atoms with Gasteiger partial charge in [-0.3, -0.25) is 9.59 Å². The van der Waals surface area contributed by atoms with Crippen LogP contribution in [0.2, 0.25) is 0 Å². The smallest absolute Gasteiger partial charge is 0.266 e. The molecule has 1 aliphatic rings. The van der Waals surface area contributed by atoms with E-state index in [9.17, 15) is 9.59 Å². The van der Waals surface area contributed by atoms with Crippen molar-refractivity contribution in [2.24, 2.45) is 0 Å². The molecule has 0 aromatic heterocycles. The zero-order valence-electron chi connectivity index (χ0n) is 15.0. The first-order valence-electron chi connectivity index (χ1n) is 8.96. The molecular weight excluding hydrogens is 354 g/mol. The van der Waals surface area contributed by atoms with Crippen molar-refractivity contribution in [3.63, 3.8) is 0 Å². The summed E-state index contributed by atoms with van der Waals surface area (Å²) < 4.78 is 5.66. The molecule has 1 heterocycles. The number of carbonyl (C=O) groups is 2. The lowest BCUT2D eigenvalue weighted by molar-refractivity contribution is -0.128. The minimum absolute atomic E-state index is 0.0653. The molecule has 4 rings (SSSR count). The number of benzene rings is 3. The highest BCUT2D eigenvalue weighted by atomic mass is 16.5. The Bertz CT molecular complexity index is 987. The summed E-state index contributed by atoms with van der Waals surface area (Å²) >= 11 is 0. The number of hydrogen-bond donors (Lipinski definition) is 3. The molecule has 0 aliphatic carbocycles. The van der Waals surface area contributed by atoms with E-state index in [1.165, 1.54) is 0 Å². The first kappa shape index (κ1) is 17.6. The molecule has 3 aromatic rings. The van der Waals surface area contributed by atoms with Gasteiger partial charge in [-0.2, -0.15) is 0 Å². The molecule has 0 radical (unpaired) electrons. The lowest BCUT2D eigenvalue weighted by atomic mass is 10.1. The first-order valence-corrected chi connectivity index (χ1v) is 8.96. The van der Waals surface area contributed by atoms with Crippen LogP contribution < -0.4 is 20.7 Å². The van der Waals surface area contributed by atoms with E-state index >= 15 is 0 Å². The normalized spacial score (nSPS) is 15.0. The second-order valence-corrected chi connectivity index (χ2v) is 6.41. The van der Waals surface area contributed by atoms with Crippen LogP contribution >= 0.6 is 0 Å². The minimum atomic E-state index is -0.853. The molecule has 0 bridgehead atoms. The van der Waals surface area contributed by atoms with Gasteiger partial charge in [-0.15, -0.1) is 0 Å². The highest BCUT2D eigenvalue weighted by Crippen LogP contribution is 2.29. The van der Waals surface area contributed by atoms with E-state index in [0.717, 1.165) is 11.4 Å². The highest BCUT2D eigenvalue weighted by molar-refractivity contribution is 6.02. The Morgan fingerprint density at radius 1 is 0.857 bits per heavy atom. The fraction of sp³-hybridized carbons (Fsp3) is 0.0909. The molecule has 1 aliphatic heterocycles. The molecule has 0 saturated carbocycles. The molecule has 0 saturated heterocycles. The Kier molecular flexibility index (Phi) is 4.93. The topological polar surface area (TPSA) is 79.5 Å². The van der Waals surface area contributed by atoms with Gasteiger partial charge in [0.1, 0.15) is 5.75 Å². The van der Waals surface area contributed by atoms with Gasteiger partial charge in [0, 0.05) is 17.1 Å². The molecule has 28 heavy (non-hydrogen) atoms. The summed E-state index contributed by atoms with van der Waals surface area (Å²) in [5.74, 6) is -0.0456. The molecule has 3 aromatic carbocycles. The Morgan fingerprint density at radius 3 is 2.29 bits per heavy atom. The summed E-state index contributed by atoms with van der Waals surface area (Å²) in [6.45, 7) is 0. The van der Waals surface area contributed by atoms with E-state index in [2.05, 4.69) is 16.0 Å². The van der Waals surface area contributed by atoms with Crippen molar-refractivity contribution in [1.29, 1.82) is 0 Å². The number of para-hydroxylation sites is 3. The number of rotatable bonds is 5. The van der Waals surface area contributed by atoms with Crippen LogP contribution in [0, 0.1) is 0 Å². The Hall–Kier alpha value is -3.80. The molecule has 1 atom stereocenters. The summed E-state index contributed by atoms with van der Waals surface area (Å²) in [6.07, 6.45) is -0.918. The third-order valence-corrected chi connectivity index (χ3v) is 4.31. The van der Waals surface area contributed by atoms with Gasteiger partial charge >= 0.3 is 0 Å². The lowest BCUT2D eigenvalue weighted by Gasteiger charge is -2.25. The molecule has 3 N–H and O–H groups in total. The number of nitrogens with one attached hydrogen (secondary N) is 3. The maximum Gasteiger partial charge on any atom is 0.266 e. The molecule has 6 nitrogen and oxygen atoms in total. The van der Waals surface area contributed by atoms with E-state index in [1.807, 2.05) is 54.6 Å². The minimum Gasteiger partial charge on any atom is -0.478 e. The Labute approximate surface area is 162 Å². The Morgan fingerprint density at radius 2 is 1.50 bits per heavy atom. The molecule has 2 amide bonds. The predicted octanol–water partition coefficient (Wildman–Crippen LogP) is 4.16. The van der Waals surface area contributed by atoms with Crippen LogP contribution in [0.4, 0.5) is 22.7 Å². The molecular formula is C22H19N3O3. The lowest BCUT2D eigenvalue weighted by Crippen LogP contribution is -2.39. The summed E-state index contributed by atoms with van der Waals surface area (Å²) in [5, 5.41) is 8.84. The van der Waals surface area contributed by atoms with Crippen LogP contribution in [0.25, 0.3) is 0 Å². The third-order valence-electron chi connectivity index (χ3n) is 4.31. The van der Waals surface area contributed by atoms with Gasteiger partial charge in [0.25, 0.3) is 5.91 Å². The van der Waals surface area contributed by atoms with Gasteiger partial charge in [0.15, 0.2) is 6.10 Å². The van der Waals surface area contributed by atoms with Crippen molar-refractivity contribution < 1.29 is 14.3 Å². The monoisotopic (exact) mass is 373 g/mol. The van der Waals surface area contributed by atoms with Crippen molar-refractivity contribution in [3.8, 4) is 5.75 Å². The van der Waals surface area contributed by atoms with Gasteiger partial charge in [0.05, 0.1) is 12.1 Å². The van der Waals surface area contributed by atoms with Gasteiger partial charge in [-0.05, 0) is 48.5 Å². The van der Waals surface area contributed by atoms with Gasteiger partial charge in [-0.25, -0.2) is 0 Å². The second-order valence-electron chi connectivity index (χ2n) is 6.41. The van der Waals surface area contributed by atoms with Crippen LogP contribution in [0.1, 0.15) is 6.42 Å². The van der Waals surface area contributed by atoms with Crippen molar-refractivity contribution in [2.45, 2.75) is 12.5 Å². The van der Waals surface area contributed by atoms with Gasteiger partial charge in [-0.1, -0.05) is 30.3 Å². The molecule has 0 spiro atoms. The number of hydrogen-bond acceptors (Lipinski definition) is 4. The average Bonchev–Trinajstić information content (AvgIpc) is 2.71. The van der Waals surface area contributed by atoms with E-state index in [-0.39, 0.29) is 18.2 Å². The van der Waals surface area contributed by atoms with E-state index in [4.69, 9.17) is 4.74 Å². The zero-order chi connectivity index (χ0) is 19.3. The summed E-state index contributed by atoms with van der Waals surface area (Å²) in [5.41, 5.74) is 3.17. The number of anilines is 4. The summed E-state index contributed by atoms with van der Waals surface area (Å²) in [4.78, 5) is 24.5. The van der Waals surface area contributed by atoms with Crippen molar-refractivity contribution in [1.82, 2.24) is 0 Å². The SMILES string of the molecule is O=C(CC1Oc2ccccc2NC1=O)Nc1ccc(Nc2ccccc2)cc1. The highest BCUT2D eigenvalue weighted by Gasteiger charge is 2.29. The maximum atomic E-state index is 12.3. The van der Waals surface area contributed by atoms with Crippen molar-refractivity contribution >= 4 is 34.6 Å². The fourth-order valence-corrected chi connectivity index (χ4v) is 2.93. The zero-order valence-corrected chi connectivity index (χ0v) is 15.0. The molecule has 0 fully saturated rings. The summed E-state index contributed by atoms with van der Waals surface area (Å²) in [7, 11) is 0. The largest absolute Gasteiger partial charge is 0.478 e. The van der Waals surface area contributed by atoms with Crippen LogP contribution in [-0.4, -0.2) is 17.9 Å². The van der Waals surface area contributed by atoms with Crippen LogP contribution in [0.3, 0.4) is 0 Å². The number of carbonyl (C=O) groups excluding carboxylic acids is 2. The molecule has 1 unspecified atom stereocenters. The number of ether oxygens (including phenoxy) is 1. The number of amides is 2. The van der Waals surface area contributed by atoms with Gasteiger partial charge in [0.2, 0.25) is 5.91 Å². The maximum absolute atomic E-state index is 12.3. The first-order chi connectivity index (χ1) is 13.7. The van der Waals surface area contributed by atoms with E-state index in [0.29, 0.717) is 17.1 Å². The molecule has 140 valence electrons. The summed E-state index contributed by atoms with van der Waals surface area (Å²) in [6, 6.07) is 24.3.